The Balaban J connectivity index is 2.00. The van der Waals surface area contributed by atoms with Gasteiger partial charge in [-0.25, -0.2) is 5.14 Å². The fourth-order valence-electron chi connectivity index (χ4n) is 3.33. The molecule has 3 rings (SSSR count). The molecule has 11 nitrogen and oxygen atoms in total. The third kappa shape index (κ3) is 7.51. The monoisotopic (exact) mass is 541 g/mol. The van der Waals surface area contributed by atoms with Gasteiger partial charge in [0.1, 0.15) is 5.92 Å². The fraction of sp³-hybridized carbons (Fsp3) is 0.125. The Morgan fingerprint density at radius 3 is 2.35 bits per heavy atom. The summed E-state index contributed by atoms with van der Waals surface area (Å²) in [6.45, 7) is 0. The van der Waals surface area contributed by atoms with E-state index in [1.807, 2.05) is 0 Å². The number of primary sulfonamides is 1. The average Bonchev–Trinajstić information content (AvgIpc) is 2.78. The van der Waals surface area contributed by atoms with Crippen LogP contribution in [0.25, 0.3) is 11.1 Å². The van der Waals surface area contributed by atoms with Gasteiger partial charge in [0.25, 0.3) is 10.0 Å². The first-order valence-corrected chi connectivity index (χ1v) is 13.2. The predicted octanol–water partition coefficient (Wildman–Crippen LogP) is 0.689. The molecule has 8 N–H and O–H groups in total. The molecular formula is C24H19N3O8S2. The second kappa shape index (κ2) is 10.7. The smallest absolute Gasteiger partial charge is 0.311 e. The van der Waals surface area contributed by atoms with E-state index in [-0.39, 0.29) is 12.0 Å². The number of anilines is 2. The van der Waals surface area contributed by atoms with Crippen molar-refractivity contribution in [3.8, 4) is 46.0 Å². The van der Waals surface area contributed by atoms with Crippen LogP contribution in [0.3, 0.4) is 0 Å². The lowest BCUT2D eigenvalue weighted by atomic mass is 9.96. The number of carboxylic acid groups (broad SMARTS) is 1. The zero-order valence-electron chi connectivity index (χ0n) is 18.8. The van der Waals surface area contributed by atoms with E-state index in [4.69, 9.17) is 21.3 Å². The average molecular weight is 542 g/mol. The third-order valence-corrected chi connectivity index (χ3v) is 6.27. The van der Waals surface area contributed by atoms with Gasteiger partial charge in [0, 0.05) is 40.4 Å². The quantitative estimate of drug-likeness (QED) is 0.208. The summed E-state index contributed by atoms with van der Waals surface area (Å²) in [5.41, 5.74) is 12.9. The molecule has 0 saturated carbocycles. The highest BCUT2D eigenvalue weighted by atomic mass is 32.2. The summed E-state index contributed by atoms with van der Waals surface area (Å²) in [5.74, 6) is 9.81. The van der Waals surface area contributed by atoms with Gasteiger partial charge in [-0.15, -0.1) is 0 Å². The normalized spacial score (nSPS) is 16.9. The molecular weight excluding hydrogens is 522 g/mol. The molecule has 1 heterocycles. The number of aliphatic carboxylic acids is 1. The van der Waals surface area contributed by atoms with E-state index in [0.717, 1.165) is 6.26 Å². The number of nitrogen functional groups attached to an aromatic ring is 2. The Hall–Kier alpha value is -4.45. The van der Waals surface area contributed by atoms with Crippen LogP contribution in [0.2, 0.25) is 0 Å². The van der Waals surface area contributed by atoms with E-state index in [2.05, 4.69) is 29.6 Å². The molecule has 0 aromatic heterocycles. The zero-order chi connectivity index (χ0) is 27.4. The van der Waals surface area contributed by atoms with Crippen molar-refractivity contribution in [2.24, 2.45) is 11.1 Å². The molecule has 2 atom stereocenters. The molecule has 0 amide bonds. The molecule has 2 aromatic rings. The summed E-state index contributed by atoms with van der Waals surface area (Å²) in [6, 6.07) is 9.77. The largest absolute Gasteiger partial charge is 0.481 e. The second-order valence-corrected chi connectivity index (χ2v) is 10.5. The molecule has 13 heteroatoms. The van der Waals surface area contributed by atoms with E-state index in [1.165, 1.54) is 0 Å². The minimum absolute atomic E-state index is 0.188. The van der Waals surface area contributed by atoms with Gasteiger partial charge >= 0.3 is 16.1 Å². The Kier molecular flexibility index (Phi) is 7.82. The molecule has 1 aliphatic heterocycles. The third-order valence-electron chi connectivity index (χ3n) is 4.85. The van der Waals surface area contributed by atoms with Crippen molar-refractivity contribution in [3.63, 3.8) is 0 Å². The summed E-state index contributed by atoms with van der Waals surface area (Å²) in [6.07, 6.45) is 0.704. The summed E-state index contributed by atoms with van der Waals surface area (Å²) in [4.78, 5) is 11.5. The standard InChI is InChI=1S/C24H19N3O8S2/c25-19-6-7-21(18-9-15(10-20(26)13-18)3-1-2-8-36(27,30)31)17(12-19)5-4-16-11-22(23(28)29)24(35-14-16)37(32,33)34/h6-7,9-10,12-14,22,24H,11,25-26H2,(H,28,29)(H2,27,30,31)(H,32,33,34)/t22-,24+/m0/s1. The van der Waals surface area contributed by atoms with Crippen LogP contribution >= 0.6 is 0 Å². The maximum absolute atomic E-state index is 11.5. The Labute approximate surface area is 213 Å². The number of benzene rings is 2. The van der Waals surface area contributed by atoms with Gasteiger partial charge in [-0.3, -0.25) is 9.35 Å². The van der Waals surface area contributed by atoms with Crippen LogP contribution in [0, 0.1) is 40.8 Å². The van der Waals surface area contributed by atoms with Crippen molar-refractivity contribution < 1.29 is 36.0 Å². The van der Waals surface area contributed by atoms with E-state index in [0.29, 0.717) is 33.6 Å². The van der Waals surface area contributed by atoms with Gasteiger partial charge in [0.2, 0.25) is 5.44 Å². The van der Waals surface area contributed by atoms with Crippen LogP contribution in [0.4, 0.5) is 11.4 Å². The van der Waals surface area contributed by atoms with Gasteiger partial charge < -0.3 is 21.3 Å². The lowest BCUT2D eigenvalue weighted by molar-refractivity contribution is -0.144. The molecule has 0 aliphatic carbocycles. The SMILES string of the molecule is Nc1cc(C#CC#CS(N)(=O)=O)cc(-c2ccc(N)cc2C#CC2=CO[C@H](S(=O)(=O)O)[C@H](C(=O)O)C2)c1. The first-order chi connectivity index (χ1) is 17.2. The molecule has 0 radical (unpaired) electrons. The Morgan fingerprint density at radius 2 is 1.70 bits per heavy atom. The highest BCUT2D eigenvalue weighted by Gasteiger charge is 2.41. The molecule has 190 valence electrons. The summed E-state index contributed by atoms with van der Waals surface area (Å²) in [5, 5.41) is 16.0. The lowest BCUT2D eigenvalue weighted by Crippen LogP contribution is -2.38. The molecule has 0 fully saturated rings. The highest BCUT2D eigenvalue weighted by molar-refractivity contribution is 7.93. The number of allylic oxidation sites excluding steroid dienone is 1. The van der Waals surface area contributed by atoms with E-state index >= 15 is 0 Å². The van der Waals surface area contributed by atoms with E-state index in [9.17, 15) is 31.3 Å². The molecule has 2 aromatic carbocycles. The molecule has 0 saturated heterocycles. The van der Waals surface area contributed by atoms with Crippen molar-refractivity contribution in [1.82, 2.24) is 0 Å². The zero-order valence-corrected chi connectivity index (χ0v) is 20.4. The van der Waals surface area contributed by atoms with Crippen LogP contribution in [0.1, 0.15) is 17.5 Å². The maximum Gasteiger partial charge on any atom is 0.311 e. The molecule has 37 heavy (non-hydrogen) atoms. The van der Waals surface area contributed by atoms with Crippen molar-refractivity contribution in [2.45, 2.75) is 11.9 Å². The van der Waals surface area contributed by atoms with Gasteiger partial charge in [-0.05, 0) is 47.4 Å². The minimum atomic E-state index is -4.76. The van der Waals surface area contributed by atoms with Crippen LogP contribution in [-0.4, -0.2) is 37.9 Å². The number of nitrogens with two attached hydrogens (primary N) is 3. The number of sulfonamides is 1. The van der Waals surface area contributed by atoms with Gasteiger partial charge in [-0.2, -0.15) is 16.8 Å². The van der Waals surface area contributed by atoms with Gasteiger partial charge in [-0.1, -0.05) is 23.8 Å². The summed E-state index contributed by atoms with van der Waals surface area (Å²) >= 11 is 0. The number of hydrogen-bond acceptors (Lipinski definition) is 8. The van der Waals surface area contributed by atoms with Crippen molar-refractivity contribution in [1.29, 1.82) is 0 Å². The molecule has 1 aliphatic rings. The van der Waals surface area contributed by atoms with Crippen molar-refractivity contribution in [2.75, 3.05) is 11.5 Å². The summed E-state index contributed by atoms with van der Waals surface area (Å²) in [7, 11) is -8.75. The van der Waals surface area contributed by atoms with Crippen molar-refractivity contribution in [3.05, 3.63) is 59.4 Å². The van der Waals surface area contributed by atoms with Gasteiger partial charge in [0.15, 0.2) is 0 Å². The number of ether oxygens (including phenoxy) is 1. The maximum atomic E-state index is 11.5. The number of rotatable bonds is 3. The van der Waals surface area contributed by atoms with Crippen LogP contribution in [-0.2, 0) is 29.7 Å². The Bertz CT molecular complexity index is 1710. The number of carbonyl (C=O) groups is 1. The summed E-state index contributed by atoms with van der Waals surface area (Å²) < 4.78 is 58.9. The predicted molar refractivity (Wildman–Crippen MR) is 136 cm³/mol. The van der Waals surface area contributed by atoms with Crippen LogP contribution in [0.15, 0.2) is 48.2 Å². The van der Waals surface area contributed by atoms with E-state index < -0.39 is 37.5 Å². The fourth-order valence-corrected chi connectivity index (χ4v) is 4.35. The molecule has 0 unspecified atom stereocenters. The molecule has 0 bridgehead atoms. The Morgan fingerprint density at radius 1 is 0.973 bits per heavy atom. The second-order valence-electron chi connectivity index (χ2n) is 7.73. The van der Waals surface area contributed by atoms with Crippen molar-refractivity contribution >= 4 is 37.5 Å². The van der Waals surface area contributed by atoms with E-state index in [1.54, 1.807) is 41.7 Å². The first kappa shape index (κ1) is 27.1. The number of carboxylic acids is 1. The topological polar surface area (TPSA) is 213 Å². The van der Waals surface area contributed by atoms with Gasteiger partial charge in [0.05, 0.1) is 11.5 Å². The molecule has 0 spiro atoms. The first-order valence-electron chi connectivity index (χ1n) is 10.1. The highest BCUT2D eigenvalue weighted by Crippen LogP contribution is 2.30. The minimum Gasteiger partial charge on any atom is -0.481 e. The number of hydrogen-bond donors (Lipinski definition) is 5. The lowest BCUT2D eigenvalue weighted by Gasteiger charge is -2.24. The van der Waals surface area contributed by atoms with Crippen LogP contribution in [0.5, 0.6) is 0 Å². The van der Waals surface area contributed by atoms with Crippen LogP contribution < -0.4 is 16.6 Å².